The number of hydrogen-bond donors (Lipinski definition) is 5. The van der Waals surface area contributed by atoms with E-state index in [0.29, 0.717) is 11.1 Å². The first-order chi connectivity index (χ1) is 16.5. The van der Waals surface area contributed by atoms with Crippen LogP contribution in [-0.4, -0.2) is 49.1 Å². The van der Waals surface area contributed by atoms with E-state index in [9.17, 15) is 20.1 Å². The number of carbonyl (C=O) groups excluding carboxylic acids is 1. The van der Waals surface area contributed by atoms with Gasteiger partial charge in [0.05, 0.1) is 34.3 Å². The molecule has 0 saturated carbocycles. The van der Waals surface area contributed by atoms with Gasteiger partial charge in [-0.05, 0) is 19.1 Å². The number of H-pyrrole nitrogens is 1. The van der Waals surface area contributed by atoms with Gasteiger partial charge in [-0.2, -0.15) is 0 Å². The standard InChI is InChI=1S/C26H23N3O5/c1-11-24(31)16(30)10-17(34-11)29-15-9-5-3-7-13(15)19-21-20(25(32)28-26(21)33)18-12-6-2-4-8-14(12)27-22(18)23(19)29/h2-9,11,16-17,24-25,27,30-32H,10H2,1H3,(H,28,33)/t11-,16+,17+,24-,25?/m0/s1. The average Bonchev–Trinajstić information content (AvgIpc) is 3.46. The molecule has 1 unspecified atom stereocenters. The van der Waals surface area contributed by atoms with Crippen LogP contribution in [0.4, 0.5) is 0 Å². The minimum absolute atomic E-state index is 0.201. The maximum atomic E-state index is 13.2. The molecule has 34 heavy (non-hydrogen) atoms. The van der Waals surface area contributed by atoms with Crippen LogP contribution in [0.25, 0.3) is 43.6 Å². The van der Waals surface area contributed by atoms with Crippen molar-refractivity contribution in [2.75, 3.05) is 0 Å². The number of aliphatic hydroxyl groups is 3. The second-order valence-electron chi connectivity index (χ2n) is 9.29. The molecule has 4 heterocycles. The summed E-state index contributed by atoms with van der Waals surface area (Å²) >= 11 is 0. The monoisotopic (exact) mass is 457 g/mol. The molecule has 1 amide bonds. The van der Waals surface area contributed by atoms with Crippen molar-refractivity contribution in [3.8, 4) is 0 Å². The number of rotatable bonds is 1. The van der Waals surface area contributed by atoms with Gasteiger partial charge in [0.25, 0.3) is 5.91 Å². The Morgan fingerprint density at radius 1 is 1.00 bits per heavy atom. The molecule has 0 aliphatic carbocycles. The van der Waals surface area contributed by atoms with Gasteiger partial charge in [-0.25, -0.2) is 0 Å². The van der Waals surface area contributed by atoms with Gasteiger partial charge in [-0.15, -0.1) is 0 Å². The van der Waals surface area contributed by atoms with E-state index in [1.807, 2.05) is 53.1 Å². The highest BCUT2D eigenvalue weighted by Crippen LogP contribution is 2.47. The summed E-state index contributed by atoms with van der Waals surface area (Å²) in [5, 5.41) is 37.7. The number of nitrogens with zero attached hydrogens (tertiary/aromatic N) is 1. The zero-order valence-corrected chi connectivity index (χ0v) is 18.3. The van der Waals surface area contributed by atoms with Crippen molar-refractivity contribution >= 4 is 49.5 Å². The zero-order valence-electron chi connectivity index (χ0n) is 18.3. The fraction of sp³-hybridized carbons (Fsp3) is 0.269. The molecule has 5 N–H and O–H groups in total. The maximum Gasteiger partial charge on any atom is 0.254 e. The second kappa shape index (κ2) is 6.80. The van der Waals surface area contributed by atoms with Crippen LogP contribution >= 0.6 is 0 Å². The molecule has 2 aromatic heterocycles. The molecule has 0 radical (unpaired) electrons. The topological polar surface area (TPSA) is 120 Å². The van der Waals surface area contributed by atoms with Gasteiger partial charge in [0.15, 0.2) is 6.23 Å². The van der Waals surface area contributed by atoms with E-state index >= 15 is 0 Å². The molecule has 1 saturated heterocycles. The number of carbonyl (C=O) groups is 1. The SMILES string of the molecule is C[C@@H]1O[C@@H](n2c3ccccc3c3c4c(c5c6ccccc6[nH]c5c32)C(O)NC4=O)C[C@@H](O)[C@H]1O. The summed E-state index contributed by atoms with van der Waals surface area (Å²) in [5.74, 6) is -0.323. The lowest BCUT2D eigenvalue weighted by Crippen LogP contribution is -2.45. The van der Waals surface area contributed by atoms with Gasteiger partial charge < -0.3 is 34.9 Å². The van der Waals surface area contributed by atoms with Crippen molar-refractivity contribution in [2.24, 2.45) is 0 Å². The molecule has 8 nitrogen and oxygen atoms in total. The summed E-state index contributed by atoms with van der Waals surface area (Å²) in [7, 11) is 0. The average molecular weight is 457 g/mol. The minimum Gasteiger partial charge on any atom is -0.390 e. The van der Waals surface area contributed by atoms with E-state index in [0.717, 1.165) is 43.6 Å². The van der Waals surface area contributed by atoms with Gasteiger partial charge in [-0.1, -0.05) is 36.4 Å². The van der Waals surface area contributed by atoms with Crippen LogP contribution in [0.15, 0.2) is 48.5 Å². The third-order valence-corrected chi connectivity index (χ3v) is 7.39. The second-order valence-corrected chi connectivity index (χ2v) is 9.29. The van der Waals surface area contributed by atoms with Gasteiger partial charge >= 0.3 is 0 Å². The molecule has 0 bridgehead atoms. The van der Waals surface area contributed by atoms with Crippen LogP contribution in [-0.2, 0) is 4.74 Å². The number of aromatic amines is 1. The summed E-state index contributed by atoms with van der Waals surface area (Å²) in [4.78, 5) is 16.7. The maximum absolute atomic E-state index is 13.2. The van der Waals surface area contributed by atoms with Crippen LogP contribution in [0.1, 0.15) is 41.7 Å². The van der Waals surface area contributed by atoms with Crippen molar-refractivity contribution in [1.29, 1.82) is 0 Å². The summed E-state index contributed by atoms with van der Waals surface area (Å²) in [6.07, 6.45) is -3.95. The number of aliphatic hydroxyl groups excluding tert-OH is 3. The first kappa shape index (κ1) is 20.0. The fourth-order valence-electron chi connectivity index (χ4n) is 5.91. The Morgan fingerprint density at radius 2 is 1.74 bits per heavy atom. The lowest BCUT2D eigenvalue weighted by atomic mass is 9.96. The van der Waals surface area contributed by atoms with Gasteiger partial charge in [0, 0.05) is 39.0 Å². The van der Waals surface area contributed by atoms with Crippen molar-refractivity contribution in [3.63, 3.8) is 0 Å². The molecule has 172 valence electrons. The Labute approximate surface area is 193 Å². The quantitative estimate of drug-likeness (QED) is 0.265. The molecule has 5 atom stereocenters. The molecule has 2 aliphatic heterocycles. The van der Waals surface area contributed by atoms with Crippen molar-refractivity contribution in [2.45, 2.75) is 44.1 Å². The molecular weight excluding hydrogens is 434 g/mol. The predicted molar refractivity (Wildman–Crippen MR) is 127 cm³/mol. The van der Waals surface area contributed by atoms with Crippen LogP contribution in [0, 0.1) is 0 Å². The van der Waals surface area contributed by atoms with Crippen LogP contribution in [0.2, 0.25) is 0 Å². The molecule has 1 fully saturated rings. The van der Waals surface area contributed by atoms with E-state index in [2.05, 4.69) is 10.3 Å². The first-order valence-corrected chi connectivity index (χ1v) is 11.4. The highest BCUT2D eigenvalue weighted by molar-refractivity contribution is 6.30. The number of amides is 1. The van der Waals surface area contributed by atoms with E-state index in [1.54, 1.807) is 6.92 Å². The van der Waals surface area contributed by atoms with E-state index in [-0.39, 0.29) is 12.3 Å². The Kier molecular flexibility index (Phi) is 4.00. The largest absolute Gasteiger partial charge is 0.390 e. The van der Waals surface area contributed by atoms with Crippen LogP contribution in [0.3, 0.4) is 0 Å². The number of nitrogens with one attached hydrogen (secondary N) is 2. The van der Waals surface area contributed by atoms with Gasteiger partial charge in [0.2, 0.25) is 0 Å². The van der Waals surface area contributed by atoms with Crippen LogP contribution < -0.4 is 5.32 Å². The minimum atomic E-state index is -1.11. The predicted octanol–water partition coefficient (Wildman–Crippen LogP) is 3.19. The summed E-state index contributed by atoms with van der Waals surface area (Å²) in [6.45, 7) is 1.74. The molecule has 2 aliphatic rings. The van der Waals surface area contributed by atoms with Crippen LogP contribution in [0.5, 0.6) is 0 Å². The zero-order chi connectivity index (χ0) is 23.3. The summed E-state index contributed by atoms with van der Waals surface area (Å²) in [5.41, 5.74) is 4.33. The molecule has 8 heteroatoms. The van der Waals surface area contributed by atoms with E-state index in [4.69, 9.17) is 4.74 Å². The lowest BCUT2D eigenvalue weighted by molar-refractivity contribution is -0.182. The number of ether oxygens (including phenoxy) is 1. The molecule has 0 spiro atoms. The fourth-order valence-corrected chi connectivity index (χ4v) is 5.91. The van der Waals surface area contributed by atoms with E-state index in [1.165, 1.54) is 0 Å². The molecule has 7 rings (SSSR count). The number of hydrogen-bond acceptors (Lipinski definition) is 5. The number of aromatic nitrogens is 2. The Hall–Kier alpha value is -3.43. The van der Waals surface area contributed by atoms with Gasteiger partial charge in [-0.3, -0.25) is 4.79 Å². The molecule has 3 aromatic carbocycles. The highest BCUT2D eigenvalue weighted by atomic mass is 16.5. The third kappa shape index (κ3) is 2.43. The smallest absolute Gasteiger partial charge is 0.254 e. The Bertz CT molecular complexity index is 1640. The van der Waals surface area contributed by atoms with E-state index < -0.39 is 30.8 Å². The summed E-state index contributed by atoms with van der Waals surface area (Å²) in [6, 6.07) is 15.6. The molecule has 5 aromatic rings. The number of benzene rings is 3. The van der Waals surface area contributed by atoms with Crippen molar-refractivity contribution in [3.05, 3.63) is 59.7 Å². The first-order valence-electron chi connectivity index (χ1n) is 11.4. The number of fused-ring (bicyclic) bond motifs is 10. The lowest BCUT2D eigenvalue weighted by Gasteiger charge is -2.36. The van der Waals surface area contributed by atoms with Crippen molar-refractivity contribution in [1.82, 2.24) is 14.9 Å². The summed E-state index contributed by atoms with van der Waals surface area (Å²) < 4.78 is 8.23. The normalized spacial score (nSPS) is 27.2. The Morgan fingerprint density at radius 3 is 2.53 bits per heavy atom. The number of para-hydroxylation sites is 2. The van der Waals surface area contributed by atoms with Gasteiger partial charge in [0.1, 0.15) is 12.3 Å². The molecular formula is C26H23N3O5. The third-order valence-electron chi connectivity index (χ3n) is 7.39. The van der Waals surface area contributed by atoms with Crippen molar-refractivity contribution < 1.29 is 24.9 Å². The highest BCUT2D eigenvalue weighted by Gasteiger charge is 2.39. The Balaban J connectivity index is 1.71.